The lowest BCUT2D eigenvalue weighted by molar-refractivity contribution is -0.128. The summed E-state index contributed by atoms with van der Waals surface area (Å²) in [5, 5.41) is 14.9. The van der Waals surface area contributed by atoms with Gasteiger partial charge in [0.05, 0.1) is 12.5 Å². The van der Waals surface area contributed by atoms with Crippen LogP contribution in [0.25, 0.3) is 0 Å². The minimum Gasteiger partial charge on any atom is -0.445 e. The van der Waals surface area contributed by atoms with Crippen LogP contribution in [0.2, 0.25) is 0 Å². The fraction of sp³-hybridized carbons (Fsp3) is 0.286. The van der Waals surface area contributed by atoms with Crippen molar-refractivity contribution in [2.45, 2.75) is 31.6 Å². The van der Waals surface area contributed by atoms with Crippen LogP contribution in [0.5, 0.6) is 0 Å². The first kappa shape index (κ1) is 23.6. The highest BCUT2D eigenvalue weighted by molar-refractivity contribution is 14.1. The SMILES string of the molecule is NC(=O)[C@H](Cc1cccc(I)c1)NC(=O)C[C@H](O)CNC(=O)OCc1ccccc1. The van der Waals surface area contributed by atoms with Crippen molar-refractivity contribution >= 4 is 40.5 Å². The van der Waals surface area contributed by atoms with Gasteiger partial charge in [0.2, 0.25) is 11.8 Å². The molecule has 0 unspecified atom stereocenters. The van der Waals surface area contributed by atoms with Crippen molar-refractivity contribution < 1.29 is 24.2 Å². The zero-order valence-electron chi connectivity index (χ0n) is 16.2. The maximum atomic E-state index is 12.2. The number of benzene rings is 2. The molecule has 0 spiro atoms. The van der Waals surface area contributed by atoms with Crippen LogP contribution < -0.4 is 16.4 Å². The number of amides is 3. The molecule has 8 nitrogen and oxygen atoms in total. The third kappa shape index (κ3) is 8.78. The Bertz CT molecular complexity index is 863. The van der Waals surface area contributed by atoms with E-state index in [1.54, 1.807) is 0 Å². The van der Waals surface area contributed by atoms with E-state index in [0.717, 1.165) is 14.7 Å². The van der Waals surface area contributed by atoms with Gasteiger partial charge in [-0.15, -0.1) is 0 Å². The van der Waals surface area contributed by atoms with E-state index in [9.17, 15) is 19.5 Å². The highest BCUT2D eigenvalue weighted by Crippen LogP contribution is 2.10. The average Bonchev–Trinajstić information content (AvgIpc) is 2.71. The summed E-state index contributed by atoms with van der Waals surface area (Å²) in [7, 11) is 0. The van der Waals surface area contributed by atoms with Gasteiger partial charge >= 0.3 is 6.09 Å². The third-order valence-electron chi connectivity index (χ3n) is 4.12. The second kappa shape index (κ2) is 12.1. The molecular weight excluding hydrogens is 501 g/mol. The quantitative estimate of drug-likeness (QED) is 0.349. The molecule has 0 fully saturated rings. The minimum atomic E-state index is -1.14. The third-order valence-corrected chi connectivity index (χ3v) is 4.79. The molecule has 160 valence electrons. The van der Waals surface area contributed by atoms with Crippen molar-refractivity contribution in [3.63, 3.8) is 0 Å². The number of ether oxygens (including phenoxy) is 1. The lowest BCUT2D eigenvalue weighted by Gasteiger charge is -2.17. The number of carbonyl (C=O) groups is 3. The number of nitrogens with one attached hydrogen (secondary N) is 2. The Kier molecular flexibility index (Phi) is 9.55. The molecule has 0 aromatic heterocycles. The Morgan fingerprint density at radius 3 is 2.43 bits per heavy atom. The van der Waals surface area contributed by atoms with Crippen LogP contribution in [-0.4, -0.2) is 41.7 Å². The van der Waals surface area contributed by atoms with Crippen LogP contribution in [0.1, 0.15) is 17.5 Å². The smallest absolute Gasteiger partial charge is 0.407 e. The van der Waals surface area contributed by atoms with Crippen LogP contribution in [0.3, 0.4) is 0 Å². The molecule has 2 rings (SSSR count). The van der Waals surface area contributed by atoms with E-state index >= 15 is 0 Å². The fourth-order valence-corrected chi connectivity index (χ4v) is 3.24. The van der Waals surface area contributed by atoms with Gasteiger partial charge < -0.3 is 26.2 Å². The second-order valence-corrected chi connectivity index (χ2v) is 7.90. The summed E-state index contributed by atoms with van der Waals surface area (Å²) < 4.78 is 6.03. The predicted octanol–water partition coefficient (Wildman–Crippen LogP) is 1.48. The molecule has 3 amide bonds. The molecule has 0 radical (unpaired) electrons. The number of carbonyl (C=O) groups excluding carboxylic acids is 3. The number of aliphatic hydroxyl groups excluding tert-OH is 1. The molecule has 0 heterocycles. The number of nitrogens with two attached hydrogens (primary N) is 1. The van der Waals surface area contributed by atoms with E-state index < -0.39 is 30.1 Å². The van der Waals surface area contributed by atoms with Gasteiger partial charge in [-0.2, -0.15) is 0 Å². The number of rotatable bonds is 10. The maximum Gasteiger partial charge on any atom is 0.407 e. The Balaban J connectivity index is 1.73. The van der Waals surface area contributed by atoms with E-state index in [1.165, 1.54) is 0 Å². The first-order chi connectivity index (χ1) is 14.3. The summed E-state index contributed by atoms with van der Waals surface area (Å²) in [6, 6.07) is 15.7. The molecule has 2 aromatic carbocycles. The highest BCUT2D eigenvalue weighted by Gasteiger charge is 2.21. The van der Waals surface area contributed by atoms with Crippen LogP contribution in [0, 0.1) is 3.57 Å². The van der Waals surface area contributed by atoms with Crippen molar-refractivity contribution in [2.24, 2.45) is 5.73 Å². The second-order valence-electron chi connectivity index (χ2n) is 6.66. The van der Waals surface area contributed by atoms with Crippen LogP contribution >= 0.6 is 22.6 Å². The zero-order valence-corrected chi connectivity index (χ0v) is 18.4. The lowest BCUT2D eigenvalue weighted by Crippen LogP contribution is -2.47. The lowest BCUT2D eigenvalue weighted by atomic mass is 10.1. The van der Waals surface area contributed by atoms with E-state index in [0.29, 0.717) is 0 Å². The van der Waals surface area contributed by atoms with Crippen molar-refractivity contribution in [3.8, 4) is 0 Å². The summed E-state index contributed by atoms with van der Waals surface area (Å²) in [4.78, 5) is 35.5. The standard InChI is InChI=1S/C21H24IN3O5/c22-16-8-4-7-15(9-16)10-18(20(23)28)25-19(27)11-17(26)12-24-21(29)30-13-14-5-2-1-3-6-14/h1-9,17-18,26H,10-13H2,(H2,23,28)(H,24,29)(H,25,27)/t17-,18-/m0/s1. The van der Waals surface area contributed by atoms with Gasteiger partial charge in [-0.05, 0) is 45.9 Å². The van der Waals surface area contributed by atoms with E-state index in [-0.39, 0.29) is 26.0 Å². The molecule has 0 saturated heterocycles. The zero-order chi connectivity index (χ0) is 21.9. The molecular formula is C21H24IN3O5. The summed E-state index contributed by atoms with van der Waals surface area (Å²) in [5.41, 5.74) is 7.08. The monoisotopic (exact) mass is 525 g/mol. The molecule has 5 N–H and O–H groups in total. The van der Waals surface area contributed by atoms with Gasteiger partial charge in [0.25, 0.3) is 0 Å². The van der Waals surface area contributed by atoms with Gasteiger partial charge in [0.1, 0.15) is 12.6 Å². The van der Waals surface area contributed by atoms with Crippen molar-refractivity contribution in [3.05, 3.63) is 69.3 Å². The van der Waals surface area contributed by atoms with E-state index in [2.05, 4.69) is 33.2 Å². The van der Waals surface area contributed by atoms with Gasteiger partial charge in [-0.1, -0.05) is 42.5 Å². The van der Waals surface area contributed by atoms with Gasteiger partial charge in [0, 0.05) is 16.5 Å². The average molecular weight is 525 g/mol. The number of primary amides is 1. The normalized spacial score (nSPS) is 12.5. The summed E-state index contributed by atoms with van der Waals surface area (Å²) >= 11 is 2.15. The topological polar surface area (TPSA) is 131 Å². The Hall–Kier alpha value is -2.66. The molecule has 0 aliphatic carbocycles. The van der Waals surface area contributed by atoms with E-state index in [1.807, 2.05) is 54.6 Å². The number of hydrogen-bond acceptors (Lipinski definition) is 5. The number of aliphatic hydroxyl groups is 1. The Morgan fingerprint density at radius 1 is 1.07 bits per heavy atom. The molecule has 0 aliphatic rings. The van der Waals surface area contributed by atoms with Crippen molar-refractivity contribution in [1.29, 1.82) is 0 Å². The summed E-state index contributed by atoms with van der Waals surface area (Å²) in [6.07, 6.45) is -1.89. The van der Waals surface area contributed by atoms with Crippen LogP contribution in [0.15, 0.2) is 54.6 Å². The maximum absolute atomic E-state index is 12.2. The van der Waals surface area contributed by atoms with Crippen molar-refractivity contribution in [1.82, 2.24) is 10.6 Å². The first-order valence-electron chi connectivity index (χ1n) is 9.29. The van der Waals surface area contributed by atoms with Crippen molar-refractivity contribution in [2.75, 3.05) is 6.54 Å². The largest absolute Gasteiger partial charge is 0.445 e. The molecule has 0 saturated carbocycles. The van der Waals surface area contributed by atoms with Crippen LogP contribution in [0.4, 0.5) is 4.79 Å². The van der Waals surface area contributed by atoms with Gasteiger partial charge in [-0.3, -0.25) is 9.59 Å². The Morgan fingerprint density at radius 2 is 1.77 bits per heavy atom. The fourth-order valence-electron chi connectivity index (χ4n) is 2.64. The molecule has 0 bridgehead atoms. The molecule has 2 atom stereocenters. The first-order valence-corrected chi connectivity index (χ1v) is 10.4. The number of alkyl carbamates (subject to hydrolysis) is 1. The van der Waals surface area contributed by atoms with Crippen LogP contribution in [-0.2, 0) is 27.4 Å². The minimum absolute atomic E-state index is 0.0992. The number of hydrogen-bond donors (Lipinski definition) is 4. The molecule has 0 aliphatic heterocycles. The summed E-state index contributed by atoms with van der Waals surface area (Å²) in [6.45, 7) is -0.0683. The predicted molar refractivity (Wildman–Crippen MR) is 119 cm³/mol. The van der Waals surface area contributed by atoms with Gasteiger partial charge in [-0.25, -0.2) is 4.79 Å². The summed E-state index contributed by atoms with van der Waals surface area (Å²) in [5.74, 6) is -1.21. The molecule has 2 aromatic rings. The molecule has 9 heteroatoms. The Labute approximate surface area is 188 Å². The van der Waals surface area contributed by atoms with E-state index in [4.69, 9.17) is 10.5 Å². The molecule has 30 heavy (non-hydrogen) atoms. The number of halogens is 1. The highest BCUT2D eigenvalue weighted by atomic mass is 127. The van der Waals surface area contributed by atoms with Gasteiger partial charge in [0.15, 0.2) is 0 Å².